The zero-order chi connectivity index (χ0) is 19.1. The Balaban J connectivity index is 1.60. The van der Waals surface area contributed by atoms with Gasteiger partial charge in [-0.15, -0.1) is 0 Å². The Morgan fingerprint density at radius 1 is 1.11 bits per heavy atom. The Morgan fingerprint density at radius 3 is 2.89 bits per heavy atom. The molecular weight excluding hydrogens is 355 g/mol. The molecule has 0 aliphatic heterocycles. The van der Waals surface area contributed by atoms with E-state index in [0.29, 0.717) is 5.95 Å². The maximum atomic E-state index is 13.8. The Kier molecular flexibility index (Phi) is 4.16. The predicted molar refractivity (Wildman–Crippen MR) is 108 cm³/mol. The van der Waals surface area contributed by atoms with Crippen LogP contribution in [0.1, 0.15) is 25.7 Å². The number of fused-ring (bicyclic) bond motifs is 2. The second kappa shape index (κ2) is 6.83. The van der Waals surface area contributed by atoms with Crippen molar-refractivity contribution < 1.29 is 4.39 Å². The summed E-state index contributed by atoms with van der Waals surface area (Å²) in [4.78, 5) is 16.7. The molecule has 7 heteroatoms. The van der Waals surface area contributed by atoms with Gasteiger partial charge in [0.05, 0.1) is 5.52 Å². The SMILES string of the molecule is NC1CCCCC1Nc1ncc2cncc(-c3c[nH]c4ccc(F)cc34)c2n1. The highest BCUT2D eigenvalue weighted by atomic mass is 19.1. The second-order valence-electron chi connectivity index (χ2n) is 7.41. The first kappa shape index (κ1) is 17.1. The van der Waals surface area contributed by atoms with E-state index < -0.39 is 0 Å². The van der Waals surface area contributed by atoms with Crippen LogP contribution in [-0.2, 0) is 0 Å². The van der Waals surface area contributed by atoms with E-state index in [4.69, 9.17) is 10.7 Å². The Morgan fingerprint density at radius 2 is 2.00 bits per heavy atom. The van der Waals surface area contributed by atoms with Gasteiger partial charge in [0.15, 0.2) is 0 Å². The van der Waals surface area contributed by atoms with Gasteiger partial charge in [0.2, 0.25) is 5.95 Å². The van der Waals surface area contributed by atoms with Crippen molar-refractivity contribution in [3.8, 4) is 11.1 Å². The fourth-order valence-electron chi connectivity index (χ4n) is 4.04. The third-order valence-electron chi connectivity index (χ3n) is 5.56. The van der Waals surface area contributed by atoms with Crippen molar-refractivity contribution in [2.45, 2.75) is 37.8 Å². The summed E-state index contributed by atoms with van der Waals surface area (Å²) in [5, 5.41) is 5.04. The molecule has 3 aromatic heterocycles. The van der Waals surface area contributed by atoms with E-state index in [1.807, 2.05) is 6.20 Å². The first-order valence-electron chi connectivity index (χ1n) is 9.59. The lowest BCUT2D eigenvalue weighted by Crippen LogP contribution is -2.42. The molecule has 0 saturated heterocycles. The van der Waals surface area contributed by atoms with Crippen LogP contribution in [0.3, 0.4) is 0 Å². The first-order valence-corrected chi connectivity index (χ1v) is 9.59. The average Bonchev–Trinajstić information content (AvgIpc) is 3.12. The van der Waals surface area contributed by atoms with E-state index in [9.17, 15) is 4.39 Å². The number of nitrogens with two attached hydrogens (primary N) is 1. The van der Waals surface area contributed by atoms with Crippen molar-refractivity contribution in [1.82, 2.24) is 19.9 Å². The number of halogens is 1. The van der Waals surface area contributed by atoms with Crippen molar-refractivity contribution in [2.75, 3.05) is 5.32 Å². The van der Waals surface area contributed by atoms with E-state index in [2.05, 4.69) is 20.3 Å². The average molecular weight is 376 g/mol. The fourth-order valence-corrected chi connectivity index (χ4v) is 4.04. The highest BCUT2D eigenvalue weighted by Gasteiger charge is 2.22. The van der Waals surface area contributed by atoms with Crippen LogP contribution in [0.2, 0.25) is 0 Å². The summed E-state index contributed by atoms with van der Waals surface area (Å²) in [6.45, 7) is 0. The van der Waals surface area contributed by atoms with Crippen molar-refractivity contribution >= 4 is 27.8 Å². The largest absolute Gasteiger partial charge is 0.361 e. The third-order valence-corrected chi connectivity index (χ3v) is 5.56. The fraction of sp³-hybridized carbons (Fsp3) is 0.286. The first-order chi connectivity index (χ1) is 13.7. The molecule has 1 saturated carbocycles. The summed E-state index contributed by atoms with van der Waals surface area (Å²) < 4.78 is 13.8. The van der Waals surface area contributed by atoms with Crippen LogP contribution >= 0.6 is 0 Å². The number of aromatic nitrogens is 4. The molecule has 1 aromatic carbocycles. The zero-order valence-electron chi connectivity index (χ0n) is 15.3. The molecule has 142 valence electrons. The molecule has 2 atom stereocenters. The summed E-state index contributed by atoms with van der Waals surface area (Å²) in [6.07, 6.45) is 11.5. The van der Waals surface area contributed by atoms with Crippen LogP contribution in [0.5, 0.6) is 0 Å². The monoisotopic (exact) mass is 376 g/mol. The van der Waals surface area contributed by atoms with Crippen molar-refractivity contribution in [1.29, 1.82) is 0 Å². The van der Waals surface area contributed by atoms with E-state index in [1.165, 1.54) is 18.6 Å². The molecular formula is C21H21FN6. The quantitative estimate of drug-likeness (QED) is 0.503. The molecule has 0 radical (unpaired) electrons. The van der Waals surface area contributed by atoms with E-state index in [0.717, 1.165) is 52.2 Å². The van der Waals surface area contributed by atoms with Crippen LogP contribution in [0.25, 0.3) is 32.9 Å². The predicted octanol–water partition coefficient (Wildman–Crippen LogP) is 3.99. The minimum absolute atomic E-state index is 0.113. The molecule has 2 unspecified atom stereocenters. The van der Waals surface area contributed by atoms with Crippen molar-refractivity contribution in [3.63, 3.8) is 0 Å². The lowest BCUT2D eigenvalue weighted by atomic mass is 9.91. The number of pyridine rings is 1. The minimum Gasteiger partial charge on any atom is -0.361 e. The number of rotatable bonds is 3. The van der Waals surface area contributed by atoms with Crippen LogP contribution in [0.4, 0.5) is 10.3 Å². The molecule has 3 heterocycles. The van der Waals surface area contributed by atoms with E-state index in [-0.39, 0.29) is 17.9 Å². The van der Waals surface area contributed by atoms with Crippen LogP contribution < -0.4 is 11.1 Å². The van der Waals surface area contributed by atoms with Gasteiger partial charge in [-0.25, -0.2) is 14.4 Å². The molecule has 5 rings (SSSR count). The van der Waals surface area contributed by atoms with Crippen molar-refractivity contribution in [3.05, 3.63) is 48.8 Å². The normalized spacial score (nSPS) is 19.9. The molecule has 4 aromatic rings. The number of nitrogens with zero attached hydrogens (tertiary/aromatic N) is 3. The summed E-state index contributed by atoms with van der Waals surface area (Å²) in [6, 6.07) is 5.00. The molecule has 28 heavy (non-hydrogen) atoms. The highest BCUT2D eigenvalue weighted by Crippen LogP contribution is 2.33. The Bertz CT molecular complexity index is 1150. The summed E-state index contributed by atoms with van der Waals surface area (Å²) >= 11 is 0. The summed E-state index contributed by atoms with van der Waals surface area (Å²) in [5.41, 5.74) is 9.61. The molecule has 0 spiro atoms. The molecule has 1 aliphatic rings. The van der Waals surface area contributed by atoms with Gasteiger partial charge >= 0.3 is 0 Å². The number of H-pyrrole nitrogens is 1. The molecule has 1 fully saturated rings. The lowest BCUT2D eigenvalue weighted by molar-refractivity contribution is 0.402. The topological polar surface area (TPSA) is 92.5 Å². The summed E-state index contributed by atoms with van der Waals surface area (Å²) in [7, 11) is 0. The maximum Gasteiger partial charge on any atom is 0.223 e. The van der Waals surface area contributed by atoms with Crippen LogP contribution in [0, 0.1) is 5.82 Å². The molecule has 4 N–H and O–H groups in total. The molecule has 1 aliphatic carbocycles. The molecule has 6 nitrogen and oxygen atoms in total. The minimum atomic E-state index is -0.273. The lowest BCUT2D eigenvalue weighted by Gasteiger charge is -2.29. The maximum absolute atomic E-state index is 13.8. The van der Waals surface area contributed by atoms with Gasteiger partial charge in [0.25, 0.3) is 0 Å². The van der Waals surface area contributed by atoms with Gasteiger partial charge in [0.1, 0.15) is 5.82 Å². The number of hydrogen-bond acceptors (Lipinski definition) is 5. The van der Waals surface area contributed by atoms with Gasteiger partial charge in [-0.1, -0.05) is 12.8 Å². The Hall–Kier alpha value is -3.06. The number of benzene rings is 1. The number of aromatic amines is 1. The smallest absolute Gasteiger partial charge is 0.223 e. The number of hydrogen-bond donors (Lipinski definition) is 3. The van der Waals surface area contributed by atoms with E-state index in [1.54, 1.807) is 24.7 Å². The molecule has 0 bridgehead atoms. The number of anilines is 1. The van der Waals surface area contributed by atoms with Gasteiger partial charge in [-0.2, -0.15) is 0 Å². The van der Waals surface area contributed by atoms with Crippen LogP contribution in [-0.4, -0.2) is 32.0 Å². The number of nitrogens with one attached hydrogen (secondary N) is 2. The van der Waals surface area contributed by atoms with Gasteiger partial charge in [-0.3, -0.25) is 4.98 Å². The second-order valence-corrected chi connectivity index (χ2v) is 7.41. The Labute approximate surface area is 161 Å². The van der Waals surface area contributed by atoms with Gasteiger partial charge < -0.3 is 16.0 Å². The van der Waals surface area contributed by atoms with E-state index >= 15 is 0 Å². The van der Waals surface area contributed by atoms with Gasteiger partial charge in [0, 0.05) is 64.3 Å². The standard InChI is InChI=1S/C21H21FN6/c22-13-5-6-18-14(7-13)15(11-25-18)16-10-24-8-12-9-26-21(28-20(12)16)27-19-4-2-1-3-17(19)23/h5-11,17,19,25H,1-4,23H2,(H,26,27,28). The third kappa shape index (κ3) is 2.97. The van der Waals surface area contributed by atoms with Crippen molar-refractivity contribution in [2.24, 2.45) is 5.73 Å². The molecule has 0 amide bonds. The van der Waals surface area contributed by atoms with Crippen LogP contribution in [0.15, 0.2) is 43.0 Å². The highest BCUT2D eigenvalue weighted by molar-refractivity contribution is 6.03. The zero-order valence-corrected chi connectivity index (χ0v) is 15.3. The van der Waals surface area contributed by atoms with Gasteiger partial charge in [-0.05, 0) is 31.0 Å². The summed E-state index contributed by atoms with van der Waals surface area (Å²) in [5.74, 6) is 0.290.